The van der Waals surface area contributed by atoms with E-state index in [4.69, 9.17) is 9.72 Å². The highest BCUT2D eigenvalue weighted by Crippen LogP contribution is 2.41. The minimum Gasteiger partial charge on any atom is -0.465 e. The number of hydrogen-bond donors (Lipinski definition) is 0. The van der Waals surface area contributed by atoms with E-state index in [0.29, 0.717) is 12.5 Å². The molecule has 6 heteroatoms. The van der Waals surface area contributed by atoms with Crippen LogP contribution in [0, 0.1) is 11.8 Å². The molecule has 0 fully saturated rings. The molecule has 146 valence electrons. The van der Waals surface area contributed by atoms with E-state index in [9.17, 15) is 9.59 Å². The molecule has 0 aliphatic carbocycles. The third-order valence-corrected chi connectivity index (χ3v) is 5.20. The van der Waals surface area contributed by atoms with E-state index < -0.39 is 11.9 Å². The predicted molar refractivity (Wildman–Crippen MR) is 106 cm³/mol. The van der Waals surface area contributed by atoms with E-state index in [1.54, 1.807) is 11.8 Å². The van der Waals surface area contributed by atoms with Crippen LogP contribution in [0.4, 0.5) is 5.95 Å². The van der Waals surface area contributed by atoms with E-state index in [1.165, 1.54) is 0 Å². The van der Waals surface area contributed by atoms with Gasteiger partial charge in [-0.1, -0.05) is 45.7 Å². The Morgan fingerprint density at radius 3 is 2.63 bits per heavy atom. The van der Waals surface area contributed by atoms with Gasteiger partial charge in [-0.15, -0.1) is 0 Å². The summed E-state index contributed by atoms with van der Waals surface area (Å²) in [5.41, 5.74) is 1.80. The Hall–Kier alpha value is -2.37. The normalized spacial score (nSPS) is 19.6. The molecule has 27 heavy (non-hydrogen) atoms. The van der Waals surface area contributed by atoms with Crippen molar-refractivity contribution in [1.82, 2.24) is 9.55 Å². The lowest BCUT2D eigenvalue weighted by molar-refractivity contribution is -0.154. The summed E-state index contributed by atoms with van der Waals surface area (Å²) in [7, 11) is 0. The van der Waals surface area contributed by atoms with Gasteiger partial charge in [-0.25, -0.2) is 4.98 Å². The Kier molecular flexibility index (Phi) is 5.82. The van der Waals surface area contributed by atoms with Gasteiger partial charge in [0.15, 0.2) is 5.92 Å². The lowest BCUT2D eigenvalue weighted by Gasteiger charge is -2.39. The highest BCUT2D eigenvalue weighted by atomic mass is 16.5. The molecule has 2 atom stereocenters. The van der Waals surface area contributed by atoms with Crippen LogP contribution in [-0.2, 0) is 14.3 Å². The van der Waals surface area contributed by atoms with E-state index in [-0.39, 0.29) is 24.5 Å². The van der Waals surface area contributed by atoms with Crippen LogP contribution in [0.15, 0.2) is 24.3 Å². The predicted octanol–water partition coefficient (Wildman–Crippen LogP) is 3.95. The van der Waals surface area contributed by atoms with Crippen LogP contribution in [0.5, 0.6) is 0 Å². The van der Waals surface area contributed by atoms with Gasteiger partial charge in [0.2, 0.25) is 11.9 Å². The first-order valence-electron chi connectivity index (χ1n) is 9.96. The number of para-hydroxylation sites is 2. The molecule has 3 rings (SSSR count). The van der Waals surface area contributed by atoms with Crippen LogP contribution in [0.2, 0.25) is 0 Å². The number of carbonyl (C=O) groups is 2. The molecule has 1 aliphatic rings. The maximum atomic E-state index is 13.4. The molecule has 0 saturated carbocycles. The maximum Gasteiger partial charge on any atom is 0.320 e. The van der Waals surface area contributed by atoms with E-state index in [0.717, 1.165) is 30.3 Å². The number of nitrogens with zero attached hydrogens (tertiary/aromatic N) is 3. The summed E-state index contributed by atoms with van der Waals surface area (Å²) in [6, 6.07) is 7.56. The standard InChI is InChI=1S/C21H29N3O3/c1-5-7-10-13-23-19(25)17(20(26)27-6-2)18(14(3)4)24-16-12-9-8-11-15(16)22-21(23)24/h8-9,11-12,14,17-18H,5-7,10,13H2,1-4H3/t17-,18-/m0/s1. The van der Waals surface area contributed by atoms with Gasteiger partial charge in [-0.3, -0.25) is 14.5 Å². The number of ether oxygens (including phenoxy) is 1. The second-order valence-corrected chi connectivity index (χ2v) is 7.43. The lowest BCUT2D eigenvalue weighted by atomic mass is 9.87. The summed E-state index contributed by atoms with van der Waals surface area (Å²) in [5, 5.41) is 0. The largest absolute Gasteiger partial charge is 0.465 e. The SMILES string of the molecule is CCCCCN1C(=O)[C@@H](C(=O)OCC)[C@H](C(C)C)n2c1nc1ccccc12. The van der Waals surface area contributed by atoms with Crippen LogP contribution in [-0.4, -0.2) is 34.6 Å². The maximum absolute atomic E-state index is 13.4. The fourth-order valence-corrected chi connectivity index (χ4v) is 3.96. The molecule has 2 aromatic rings. The second kappa shape index (κ2) is 8.11. The summed E-state index contributed by atoms with van der Waals surface area (Å²) < 4.78 is 7.37. The van der Waals surface area contributed by atoms with Crippen LogP contribution in [0.1, 0.15) is 53.0 Å². The fraction of sp³-hybridized carbons (Fsp3) is 0.571. The molecule has 0 radical (unpaired) electrons. The first-order chi connectivity index (χ1) is 13.0. The van der Waals surface area contributed by atoms with Crippen LogP contribution in [0.3, 0.4) is 0 Å². The van der Waals surface area contributed by atoms with Crippen molar-refractivity contribution in [2.24, 2.45) is 11.8 Å². The third-order valence-electron chi connectivity index (χ3n) is 5.20. The zero-order valence-corrected chi connectivity index (χ0v) is 16.6. The molecular formula is C21H29N3O3. The molecule has 0 unspecified atom stereocenters. The summed E-state index contributed by atoms with van der Waals surface area (Å²) in [6.07, 6.45) is 2.98. The Balaban J connectivity index is 2.16. The number of carbonyl (C=O) groups excluding carboxylic acids is 2. The summed E-state index contributed by atoms with van der Waals surface area (Å²) in [4.78, 5) is 32.6. The van der Waals surface area contributed by atoms with Gasteiger partial charge in [-0.05, 0) is 31.4 Å². The number of esters is 1. The molecule has 2 heterocycles. The average molecular weight is 371 g/mol. The molecule has 1 aromatic carbocycles. The molecule has 0 bridgehead atoms. The lowest BCUT2D eigenvalue weighted by Crippen LogP contribution is -2.51. The zero-order valence-electron chi connectivity index (χ0n) is 16.6. The van der Waals surface area contributed by atoms with Crippen molar-refractivity contribution in [2.75, 3.05) is 18.1 Å². The van der Waals surface area contributed by atoms with Crippen molar-refractivity contribution in [1.29, 1.82) is 0 Å². The number of anilines is 1. The Morgan fingerprint density at radius 2 is 1.96 bits per heavy atom. The monoisotopic (exact) mass is 371 g/mol. The van der Waals surface area contributed by atoms with Gasteiger partial charge in [-0.2, -0.15) is 0 Å². The minimum atomic E-state index is -0.836. The van der Waals surface area contributed by atoms with Crippen molar-refractivity contribution >= 4 is 28.9 Å². The number of rotatable bonds is 7. The van der Waals surface area contributed by atoms with Gasteiger partial charge in [0.05, 0.1) is 23.7 Å². The summed E-state index contributed by atoms with van der Waals surface area (Å²) in [5.74, 6) is -0.734. The molecule has 1 amide bonds. The molecule has 1 aromatic heterocycles. The second-order valence-electron chi connectivity index (χ2n) is 7.43. The molecule has 0 saturated heterocycles. The smallest absolute Gasteiger partial charge is 0.320 e. The highest BCUT2D eigenvalue weighted by Gasteiger charge is 2.47. The molecule has 0 spiro atoms. The number of fused-ring (bicyclic) bond motifs is 3. The van der Waals surface area contributed by atoms with Crippen LogP contribution >= 0.6 is 0 Å². The van der Waals surface area contributed by atoms with E-state index in [1.807, 2.05) is 38.1 Å². The number of imidazole rings is 1. The molecule has 0 N–H and O–H groups in total. The topological polar surface area (TPSA) is 64.4 Å². The zero-order chi connectivity index (χ0) is 19.6. The number of benzene rings is 1. The number of unbranched alkanes of at least 4 members (excludes halogenated alkanes) is 2. The van der Waals surface area contributed by atoms with Crippen LogP contribution < -0.4 is 4.90 Å². The quantitative estimate of drug-likeness (QED) is 0.420. The number of aromatic nitrogens is 2. The Labute approximate surface area is 160 Å². The fourth-order valence-electron chi connectivity index (χ4n) is 3.96. The summed E-state index contributed by atoms with van der Waals surface area (Å²) in [6.45, 7) is 8.80. The van der Waals surface area contributed by atoms with E-state index >= 15 is 0 Å². The van der Waals surface area contributed by atoms with Crippen LogP contribution in [0.25, 0.3) is 11.0 Å². The van der Waals surface area contributed by atoms with Crippen molar-refractivity contribution in [2.45, 2.75) is 53.0 Å². The third kappa shape index (κ3) is 3.45. The van der Waals surface area contributed by atoms with Crippen molar-refractivity contribution in [3.63, 3.8) is 0 Å². The first kappa shape index (κ1) is 19.4. The van der Waals surface area contributed by atoms with Gasteiger partial charge in [0.25, 0.3) is 0 Å². The molecule has 1 aliphatic heterocycles. The van der Waals surface area contributed by atoms with Gasteiger partial charge >= 0.3 is 5.97 Å². The van der Waals surface area contributed by atoms with Gasteiger partial charge < -0.3 is 9.30 Å². The van der Waals surface area contributed by atoms with Gasteiger partial charge in [0, 0.05) is 6.54 Å². The summed E-state index contributed by atoms with van der Waals surface area (Å²) >= 11 is 0. The van der Waals surface area contributed by atoms with Gasteiger partial charge in [0.1, 0.15) is 0 Å². The molecular weight excluding hydrogens is 342 g/mol. The average Bonchev–Trinajstić information content (AvgIpc) is 3.01. The van der Waals surface area contributed by atoms with Crippen molar-refractivity contribution < 1.29 is 14.3 Å². The minimum absolute atomic E-state index is 0.0810. The number of hydrogen-bond acceptors (Lipinski definition) is 4. The van der Waals surface area contributed by atoms with Crippen molar-refractivity contribution in [3.8, 4) is 0 Å². The van der Waals surface area contributed by atoms with E-state index in [2.05, 4.69) is 11.5 Å². The molecule has 6 nitrogen and oxygen atoms in total. The highest BCUT2D eigenvalue weighted by molar-refractivity contribution is 6.08. The Bertz CT molecular complexity index is 827. The first-order valence-corrected chi connectivity index (χ1v) is 9.96. The number of amides is 1. The van der Waals surface area contributed by atoms with Crippen molar-refractivity contribution in [3.05, 3.63) is 24.3 Å². The Morgan fingerprint density at radius 1 is 1.22 bits per heavy atom.